The van der Waals surface area contributed by atoms with Gasteiger partial charge in [-0.15, -0.1) is 0 Å². The first-order valence-electron chi connectivity index (χ1n) is 8.86. The average Bonchev–Trinajstić information content (AvgIpc) is 2.48. The molecule has 3 fully saturated rings. The maximum Gasteiger partial charge on any atom is 0.0694 e. The Morgan fingerprint density at radius 1 is 1.19 bits per heavy atom. The molecule has 0 amide bonds. The molecule has 1 heterocycles. The Morgan fingerprint density at radius 3 is 2.52 bits per heavy atom. The molecule has 2 atom stereocenters. The number of hydrogen-bond donors (Lipinski definition) is 2. The second-order valence-electron chi connectivity index (χ2n) is 7.56. The van der Waals surface area contributed by atoms with E-state index < -0.39 is 0 Å². The van der Waals surface area contributed by atoms with Crippen LogP contribution in [-0.4, -0.2) is 31.0 Å². The lowest BCUT2D eigenvalue weighted by Gasteiger charge is -2.48. The first-order chi connectivity index (χ1) is 10.2. The minimum Gasteiger partial charge on any atom is -0.378 e. The Hall–Kier alpha value is -0.160. The van der Waals surface area contributed by atoms with Gasteiger partial charge >= 0.3 is 0 Å². The van der Waals surface area contributed by atoms with E-state index in [1.807, 2.05) is 7.11 Å². The minimum atomic E-state index is 0.0923. The summed E-state index contributed by atoms with van der Waals surface area (Å²) in [6.07, 6.45) is 13.6. The number of ether oxygens (including phenoxy) is 2. The third-order valence-corrected chi connectivity index (χ3v) is 6.37. The Bertz CT molecular complexity index is 327. The highest BCUT2D eigenvalue weighted by molar-refractivity contribution is 4.98. The Kier molecular flexibility index (Phi) is 4.89. The summed E-state index contributed by atoms with van der Waals surface area (Å²) in [7, 11) is 1.86. The van der Waals surface area contributed by atoms with Gasteiger partial charge in [0.25, 0.3) is 0 Å². The van der Waals surface area contributed by atoms with Crippen molar-refractivity contribution in [3.8, 4) is 0 Å². The predicted molar refractivity (Wildman–Crippen MR) is 83.8 cm³/mol. The molecule has 3 rings (SSSR count). The van der Waals surface area contributed by atoms with Crippen LogP contribution in [0.4, 0.5) is 0 Å². The van der Waals surface area contributed by atoms with Crippen molar-refractivity contribution < 1.29 is 9.47 Å². The van der Waals surface area contributed by atoms with Crippen LogP contribution in [-0.2, 0) is 9.47 Å². The van der Waals surface area contributed by atoms with Crippen LogP contribution >= 0.6 is 0 Å². The van der Waals surface area contributed by atoms with Gasteiger partial charge < -0.3 is 9.47 Å². The highest BCUT2D eigenvalue weighted by atomic mass is 16.5. The average molecular weight is 296 g/mol. The number of nitrogens with one attached hydrogen (secondary N) is 1. The molecule has 2 saturated carbocycles. The zero-order valence-corrected chi connectivity index (χ0v) is 13.5. The summed E-state index contributed by atoms with van der Waals surface area (Å²) in [6.45, 7) is 0.906. The summed E-state index contributed by atoms with van der Waals surface area (Å²) >= 11 is 0. The summed E-state index contributed by atoms with van der Waals surface area (Å²) in [4.78, 5) is 0. The van der Waals surface area contributed by atoms with Gasteiger partial charge in [-0.3, -0.25) is 11.3 Å². The van der Waals surface area contributed by atoms with Gasteiger partial charge in [-0.05, 0) is 57.3 Å². The molecule has 2 unspecified atom stereocenters. The van der Waals surface area contributed by atoms with E-state index in [0.717, 1.165) is 19.4 Å². The van der Waals surface area contributed by atoms with E-state index in [4.69, 9.17) is 15.3 Å². The van der Waals surface area contributed by atoms with Gasteiger partial charge in [-0.25, -0.2) is 0 Å². The van der Waals surface area contributed by atoms with Crippen molar-refractivity contribution in [1.82, 2.24) is 5.43 Å². The second-order valence-corrected chi connectivity index (χ2v) is 7.56. The molecule has 1 aliphatic heterocycles. The van der Waals surface area contributed by atoms with Gasteiger partial charge in [0.1, 0.15) is 0 Å². The molecule has 4 heteroatoms. The monoisotopic (exact) mass is 296 g/mol. The number of hydrazine groups is 1. The summed E-state index contributed by atoms with van der Waals surface area (Å²) in [5.74, 6) is 6.55. The van der Waals surface area contributed by atoms with Crippen LogP contribution in [0.1, 0.15) is 70.6 Å². The van der Waals surface area contributed by atoms with Gasteiger partial charge in [0, 0.05) is 19.8 Å². The van der Waals surface area contributed by atoms with Crippen LogP contribution < -0.4 is 11.3 Å². The van der Waals surface area contributed by atoms with Crippen molar-refractivity contribution >= 4 is 0 Å². The normalized spacial score (nSPS) is 32.6. The van der Waals surface area contributed by atoms with Gasteiger partial charge in [0.2, 0.25) is 0 Å². The summed E-state index contributed by atoms with van der Waals surface area (Å²) in [5, 5.41) is 0. The molecule has 3 aliphatic rings. The third kappa shape index (κ3) is 3.29. The van der Waals surface area contributed by atoms with Crippen molar-refractivity contribution in [3.63, 3.8) is 0 Å². The molecule has 0 aromatic rings. The second kappa shape index (κ2) is 6.53. The molecule has 1 saturated heterocycles. The third-order valence-electron chi connectivity index (χ3n) is 6.37. The van der Waals surface area contributed by atoms with E-state index in [9.17, 15) is 0 Å². The zero-order chi connectivity index (χ0) is 14.8. The number of hydrogen-bond acceptors (Lipinski definition) is 4. The van der Waals surface area contributed by atoms with E-state index in [-0.39, 0.29) is 11.2 Å². The van der Waals surface area contributed by atoms with Gasteiger partial charge in [0.05, 0.1) is 11.2 Å². The highest BCUT2D eigenvalue weighted by Gasteiger charge is 2.44. The first-order valence-corrected chi connectivity index (χ1v) is 8.86. The van der Waals surface area contributed by atoms with Crippen LogP contribution in [0, 0.1) is 5.92 Å². The lowest BCUT2D eigenvalue weighted by atomic mass is 9.69. The van der Waals surface area contributed by atoms with Gasteiger partial charge in [-0.2, -0.15) is 0 Å². The molecule has 3 N–H and O–H groups in total. The van der Waals surface area contributed by atoms with Crippen molar-refractivity contribution in [3.05, 3.63) is 0 Å². The number of nitrogens with two attached hydrogens (primary N) is 1. The summed E-state index contributed by atoms with van der Waals surface area (Å²) in [6, 6.07) is 0.368. The molecule has 0 aromatic carbocycles. The van der Waals surface area contributed by atoms with Crippen molar-refractivity contribution in [2.24, 2.45) is 11.8 Å². The topological polar surface area (TPSA) is 56.5 Å². The molecule has 4 nitrogen and oxygen atoms in total. The van der Waals surface area contributed by atoms with E-state index in [2.05, 4.69) is 5.43 Å². The summed E-state index contributed by atoms with van der Waals surface area (Å²) < 4.78 is 12.0. The molecule has 21 heavy (non-hydrogen) atoms. The first kappa shape index (κ1) is 15.7. The van der Waals surface area contributed by atoms with Crippen molar-refractivity contribution in [2.75, 3.05) is 13.7 Å². The standard InChI is InChI=1S/C17H32N2O2/c1-20-16(9-5-10-16)13-15(19-18)14-6-11-21-17(12-14)7-3-2-4-8-17/h14-15,19H,2-13,18H2,1H3. The van der Waals surface area contributed by atoms with Crippen LogP contribution in [0.2, 0.25) is 0 Å². The molecule has 122 valence electrons. The molecule has 0 bridgehead atoms. The number of methoxy groups -OCH3 is 1. The lowest BCUT2D eigenvalue weighted by molar-refractivity contribution is -0.132. The fourth-order valence-electron chi connectivity index (χ4n) is 4.78. The fraction of sp³-hybridized carbons (Fsp3) is 1.00. The SMILES string of the molecule is COC1(CC(NN)C2CCOC3(CCCCC3)C2)CCC1. The van der Waals surface area contributed by atoms with Crippen LogP contribution in [0.3, 0.4) is 0 Å². The van der Waals surface area contributed by atoms with Crippen LogP contribution in [0.15, 0.2) is 0 Å². The quantitative estimate of drug-likeness (QED) is 0.605. The lowest BCUT2D eigenvalue weighted by Crippen LogP contribution is -2.54. The van der Waals surface area contributed by atoms with Crippen molar-refractivity contribution in [1.29, 1.82) is 0 Å². The molecular formula is C17H32N2O2. The van der Waals surface area contributed by atoms with Crippen molar-refractivity contribution in [2.45, 2.75) is 87.9 Å². The van der Waals surface area contributed by atoms with Gasteiger partial charge in [-0.1, -0.05) is 19.3 Å². The van der Waals surface area contributed by atoms with Gasteiger partial charge in [0.15, 0.2) is 0 Å². The fourth-order valence-corrected chi connectivity index (χ4v) is 4.78. The predicted octanol–water partition coefficient (Wildman–Crippen LogP) is 2.91. The smallest absolute Gasteiger partial charge is 0.0694 e. The Morgan fingerprint density at radius 2 is 1.95 bits per heavy atom. The van der Waals surface area contributed by atoms with E-state index in [1.54, 1.807) is 0 Å². The highest BCUT2D eigenvalue weighted by Crippen LogP contribution is 2.45. The van der Waals surface area contributed by atoms with E-state index >= 15 is 0 Å². The maximum absolute atomic E-state index is 6.23. The Labute approximate surface area is 129 Å². The molecule has 2 aliphatic carbocycles. The van der Waals surface area contributed by atoms with Crippen LogP contribution in [0.5, 0.6) is 0 Å². The molecular weight excluding hydrogens is 264 g/mol. The zero-order valence-electron chi connectivity index (χ0n) is 13.5. The summed E-state index contributed by atoms with van der Waals surface area (Å²) in [5.41, 5.74) is 3.37. The molecule has 1 spiro atoms. The van der Waals surface area contributed by atoms with E-state index in [0.29, 0.717) is 12.0 Å². The molecule has 0 aromatic heterocycles. The maximum atomic E-state index is 6.23. The largest absolute Gasteiger partial charge is 0.378 e. The van der Waals surface area contributed by atoms with Crippen LogP contribution in [0.25, 0.3) is 0 Å². The van der Waals surface area contributed by atoms with E-state index in [1.165, 1.54) is 57.8 Å². The number of rotatable bonds is 5. The Balaban J connectivity index is 1.63. The minimum absolute atomic E-state index is 0.0923. The molecule has 0 radical (unpaired) electrons.